The quantitative estimate of drug-likeness (QED) is 0.330. The van der Waals surface area contributed by atoms with E-state index in [1.165, 1.54) is 17.1 Å². The molecule has 5 rings (SSSR count). The number of nitrogens with zero attached hydrogens (tertiary/aromatic N) is 4. The number of benzene rings is 3. The van der Waals surface area contributed by atoms with Crippen molar-refractivity contribution in [3.63, 3.8) is 0 Å². The summed E-state index contributed by atoms with van der Waals surface area (Å²) in [5, 5.41) is 1.20. The number of hydrogen-bond donors (Lipinski definition) is 0. The molecule has 4 aromatic rings. The first-order valence-corrected chi connectivity index (χ1v) is 12.6. The number of aryl methyl sites for hydroxylation is 1. The number of rotatable bonds is 6. The van der Waals surface area contributed by atoms with Crippen molar-refractivity contribution < 1.29 is 9.53 Å². The summed E-state index contributed by atoms with van der Waals surface area (Å²) in [6.07, 6.45) is 0.652. The minimum atomic E-state index is -0.00779. The molecule has 0 bridgehead atoms. The summed E-state index contributed by atoms with van der Waals surface area (Å²) < 4.78 is 10.3. The Labute approximate surface area is 213 Å². The van der Waals surface area contributed by atoms with E-state index in [1.807, 2.05) is 47.4 Å². The highest BCUT2D eigenvalue weighted by Crippen LogP contribution is 2.28. The van der Waals surface area contributed by atoms with Gasteiger partial charge in [-0.3, -0.25) is 4.79 Å². The van der Waals surface area contributed by atoms with Crippen molar-refractivity contribution in [3.05, 3.63) is 100 Å². The molecule has 178 valence electrons. The Bertz CT molecular complexity index is 1320. The molecule has 0 N–H and O–H groups in total. The van der Waals surface area contributed by atoms with Crippen molar-refractivity contribution in [2.75, 3.05) is 31.1 Å². The van der Waals surface area contributed by atoms with Gasteiger partial charge < -0.3 is 14.5 Å². The van der Waals surface area contributed by atoms with Crippen molar-refractivity contribution in [2.45, 2.75) is 13.3 Å². The lowest BCUT2D eigenvalue weighted by molar-refractivity contribution is 0.0746. The minimum absolute atomic E-state index is 0.00779. The molecule has 0 atom stereocenters. The molecule has 0 radical (unpaired) electrons. The van der Waals surface area contributed by atoms with Crippen molar-refractivity contribution in [2.24, 2.45) is 0 Å². The third-order valence-electron chi connectivity index (χ3n) is 5.98. The summed E-state index contributed by atoms with van der Waals surface area (Å²) in [6, 6.07) is 23.4. The van der Waals surface area contributed by atoms with E-state index in [2.05, 4.69) is 45.4 Å². The fraction of sp³-hybridized carbons (Fsp3) is 0.222. The van der Waals surface area contributed by atoms with E-state index in [0.29, 0.717) is 36.0 Å². The molecule has 0 aliphatic carbocycles. The van der Waals surface area contributed by atoms with Crippen molar-refractivity contribution in [3.8, 4) is 10.9 Å². The second kappa shape index (κ2) is 10.5. The van der Waals surface area contributed by atoms with Crippen LogP contribution in [-0.2, 0) is 6.42 Å². The highest BCUT2D eigenvalue weighted by Gasteiger charge is 2.23. The van der Waals surface area contributed by atoms with Gasteiger partial charge in [0.25, 0.3) is 11.1 Å². The molecule has 6 nitrogen and oxygen atoms in total. The molecule has 1 amide bonds. The Kier molecular flexibility index (Phi) is 6.97. The monoisotopic (exact) mass is 504 g/mol. The summed E-state index contributed by atoms with van der Waals surface area (Å²) in [6.45, 7) is 4.80. The van der Waals surface area contributed by atoms with Gasteiger partial charge >= 0.3 is 0 Å². The first-order valence-electron chi connectivity index (χ1n) is 11.5. The Balaban J connectivity index is 1.20. The third-order valence-corrected chi connectivity index (χ3v) is 6.93. The van der Waals surface area contributed by atoms with Crippen molar-refractivity contribution in [1.82, 2.24) is 14.3 Å². The fourth-order valence-corrected chi connectivity index (χ4v) is 4.90. The van der Waals surface area contributed by atoms with Gasteiger partial charge in [0.15, 0.2) is 5.82 Å². The zero-order chi connectivity index (χ0) is 24.2. The number of amides is 1. The molecule has 0 saturated carbocycles. The number of hydrogen-bond acceptors (Lipinski definition) is 6. The SMILES string of the molecule is Cc1ccc(Cc2nsc(Oc3cccc(C(=O)N4CCN(c5ccccc5Cl)CC4)c3)n2)cc1. The van der Waals surface area contributed by atoms with Crippen molar-refractivity contribution in [1.29, 1.82) is 0 Å². The van der Waals surface area contributed by atoms with E-state index in [9.17, 15) is 4.79 Å². The topological polar surface area (TPSA) is 58.6 Å². The van der Waals surface area contributed by atoms with Crippen LogP contribution in [0.3, 0.4) is 0 Å². The number of halogens is 1. The molecule has 1 aromatic heterocycles. The van der Waals surface area contributed by atoms with E-state index >= 15 is 0 Å². The van der Waals surface area contributed by atoms with E-state index in [1.54, 1.807) is 6.07 Å². The summed E-state index contributed by atoms with van der Waals surface area (Å²) in [4.78, 5) is 21.7. The molecular formula is C27H25ClN4O2S. The van der Waals surface area contributed by atoms with Crippen molar-refractivity contribution >= 4 is 34.7 Å². The maximum atomic E-state index is 13.1. The van der Waals surface area contributed by atoms with Crippen LogP contribution < -0.4 is 9.64 Å². The summed E-state index contributed by atoms with van der Waals surface area (Å²) in [5.74, 6) is 1.28. The average molecular weight is 505 g/mol. The number of aromatic nitrogens is 2. The molecule has 1 fully saturated rings. The zero-order valence-corrected chi connectivity index (χ0v) is 20.9. The largest absolute Gasteiger partial charge is 0.430 e. The standard InChI is InChI=1S/C27H25ClN4O2S/c1-19-9-11-20(12-10-19)17-25-29-27(35-30-25)34-22-6-4-5-21(18-22)26(33)32-15-13-31(14-16-32)24-8-3-2-7-23(24)28/h2-12,18H,13-17H2,1H3. The van der Waals surface area contributed by atoms with Gasteiger partial charge in [0, 0.05) is 49.7 Å². The van der Waals surface area contributed by atoms with Gasteiger partial charge in [0.1, 0.15) is 5.75 Å². The number of para-hydroxylation sites is 1. The second-order valence-electron chi connectivity index (χ2n) is 8.50. The fourth-order valence-electron chi connectivity index (χ4n) is 4.07. The highest BCUT2D eigenvalue weighted by atomic mass is 35.5. The molecule has 35 heavy (non-hydrogen) atoms. The number of ether oxygens (including phenoxy) is 1. The zero-order valence-electron chi connectivity index (χ0n) is 19.4. The van der Waals surface area contributed by atoms with Gasteiger partial charge in [0.05, 0.1) is 10.7 Å². The predicted octanol–water partition coefficient (Wildman–Crippen LogP) is 5.85. The first kappa shape index (κ1) is 23.3. The summed E-state index contributed by atoms with van der Waals surface area (Å²) in [7, 11) is 0. The van der Waals surface area contributed by atoms with Gasteiger partial charge in [-0.15, -0.1) is 0 Å². The van der Waals surface area contributed by atoms with Crippen LogP contribution in [0.25, 0.3) is 0 Å². The lowest BCUT2D eigenvalue weighted by Crippen LogP contribution is -2.48. The Hall–Kier alpha value is -3.42. The Morgan fingerprint density at radius 3 is 2.54 bits per heavy atom. The van der Waals surface area contributed by atoms with Crippen LogP contribution in [0.1, 0.15) is 27.3 Å². The maximum absolute atomic E-state index is 13.1. The normalized spacial score (nSPS) is 13.7. The van der Waals surface area contributed by atoms with Crippen LogP contribution in [0.5, 0.6) is 10.9 Å². The minimum Gasteiger partial charge on any atom is -0.430 e. The molecule has 2 heterocycles. The van der Waals surface area contributed by atoms with Crippen LogP contribution in [0.2, 0.25) is 5.02 Å². The van der Waals surface area contributed by atoms with Crippen LogP contribution in [-0.4, -0.2) is 46.3 Å². The Morgan fingerprint density at radius 1 is 1.00 bits per heavy atom. The molecule has 3 aromatic carbocycles. The molecule has 1 aliphatic rings. The highest BCUT2D eigenvalue weighted by molar-refractivity contribution is 7.07. The van der Waals surface area contributed by atoms with E-state index in [4.69, 9.17) is 16.3 Å². The average Bonchev–Trinajstić information content (AvgIpc) is 3.32. The maximum Gasteiger partial charge on any atom is 0.298 e. The lowest BCUT2D eigenvalue weighted by Gasteiger charge is -2.36. The van der Waals surface area contributed by atoms with E-state index in [-0.39, 0.29) is 5.91 Å². The van der Waals surface area contributed by atoms with Gasteiger partial charge in [-0.1, -0.05) is 59.6 Å². The van der Waals surface area contributed by atoms with Gasteiger partial charge in [0.2, 0.25) is 0 Å². The molecule has 0 unspecified atom stereocenters. The van der Waals surface area contributed by atoms with Crippen LogP contribution in [0.4, 0.5) is 5.69 Å². The second-order valence-corrected chi connectivity index (χ2v) is 9.62. The number of carbonyl (C=O) groups is 1. The molecule has 8 heteroatoms. The number of piperazine rings is 1. The van der Waals surface area contributed by atoms with Gasteiger partial charge in [-0.05, 0) is 42.8 Å². The number of anilines is 1. The van der Waals surface area contributed by atoms with Gasteiger partial charge in [-0.2, -0.15) is 9.36 Å². The van der Waals surface area contributed by atoms with E-state index in [0.717, 1.165) is 35.2 Å². The van der Waals surface area contributed by atoms with E-state index < -0.39 is 0 Å². The number of carbonyl (C=O) groups excluding carboxylic acids is 1. The summed E-state index contributed by atoms with van der Waals surface area (Å²) in [5.41, 5.74) is 3.98. The molecule has 0 spiro atoms. The predicted molar refractivity (Wildman–Crippen MR) is 140 cm³/mol. The molecule has 1 aliphatic heterocycles. The third kappa shape index (κ3) is 5.63. The molecule has 1 saturated heterocycles. The first-order chi connectivity index (χ1) is 17.0. The van der Waals surface area contributed by atoms with Crippen LogP contribution in [0.15, 0.2) is 72.8 Å². The summed E-state index contributed by atoms with van der Waals surface area (Å²) >= 11 is 7.55. The Morgan fingerprint density at radius 2 is 1.77 bits per heavy atom. The van der Waals surface area contributed by atoms with Crippen LogP contribution >= 0.6 is 23.1 Å². The van der Waals surface area contributed by atoms with Crippen LogP contribution in [0, 0.1) is 6.92 Å². The lowest BCUT2D eigenvalue weighted by atomic mass is 10.1. The smallest absolute Gasteiger partial charge is 0.298 e. The van der Waals surface area contributed by atoms with Gasteiger partial charge in [-0.25, -0.2) is 0 Å². The molecular weight excluding hydrogens is 480 g/mol.